The first kappa shape index (κ1) is 12.8. The van der Waals surface area contributed by atoms with Crippen molar-refractivity contribution in [1.82, 2.24) is 4.57 Å². The Hall–Kier alpha value is -1.30. The average molecular weight is 234 g/mol. The van der Waals surface area contributed by atoms with E-state index in [2.05, 4.69) is 0 Å². The topological polar surface area (TPSA) is 48.0 Å². The Morgan fingerprint density at radius 2 is 1.94 bits per heavy atom. The van der Waals surface area contributed by atoms with E-state index in [0.29, 0.717) is 19.4 Å². The molecule has 0 spiro atoms. The van der Waals surface area contributed by atoms with E-state index < -0.39 is 17.3 Å². The van der Waals surface area contributed by atoms with Gasteiger partial charge in [-0.2, -0.15) is 13.2 Å². The highest BCUT2D eigenvalue weighted by atomic mass is 19.4. The Bertz CT molecular complexity index is 398. The van der Waals surface area contributed by atoms with E-state index in [4.69, 9.17) is 5.73 Å². The second kappa shape index (κ2) is 5.16. The molecule has 3 nitrogen and oxygen atoms in total. The van der Waals surface area contributed by atoms with Gasteiger partial charge in [-0.05, 0) is 25.5 Å². The van der Waals surface area contributed by atoms with Crippen LogP contribution in [0.2, 0.25) is 0 Å². The van der Waals surface area contributed by atoms with Crippen molar-refractivity contribution in [2.75, 3.05) is 6.54 Å². The van der Waals surface area contributed by atoms with Crippen LogP contribution in [0.3, 0.4) is 0 Å². The van der Waals surface area contributed by atoms with Crippen molar-refractivity contribution in [3.8, 4) is 0 Å². The summed E-state index contributed by atoms with van der Waals surface area (Å²) in [5.74, 6) is 0. The second-order valence-corrected chi connectivity index (χ2v) is 3.44. The molecule has 0 fully saturated rings. The van der Waals surface area contributed by atoms with Crippen LogP contribution in [0, 0.1) is 0 Å². The van der Waals surface area contributed by atoms with Gasteiger partial charge in [0.2, 0.25) is 0 Å². The normalized spacial score (nSPS) is 11.8. The third kappa shape index (κ3) is 3.37. The van der Waals surface area contributed by atoms with E-state index in [9.17, 15) is 18.0 Å². The fourth-order valence-electron chi connectivity index (χ4n) is 1.30. The molecule has 0 radical (unpaired) electrons. The van der Waals surface area contributed by atoms with E-state index in [1.165, 1.54) is 0 Å². The molecule has 0 bridgehead atoms. The predicted molar refractivity (Wildman–Crippen MR) is 54.0 cm³/mol. The van der Waals surface area contributed by atoms with Crippen LogP contribution in [0.4, 0.5) is 13.2 Å². The van der Waals surface area contributed by atoms with E-state index in [-0.39, 0.29) is 6.54 Å². The molecule has 1 aromatic rings. The van der Waals surface area contributed by atoms with E-state index >= 15 is 0 Å². The third-order valence-electron chi connectivity index (χ3n) is 2.16. The van der Waals surface area contributed by atoms with Gasteiger partial charge in [0, 0.05) is 18.8 Å². The average Bonchev–Trinajstić information content (AvgIpc) is 2.19. The highest BCUT2D eigenvalue weighted by Gasteiger charge is 2.30. The maximum Gasteiger partial charge on any atom is 0.417 e. The van der Waals surface area contributed by atoms with Gasteiger partial charge in [-0.3, -0.25) is 4.79 Å². The summed E-state index contributed by atoms with van der Waals surface area (Å²) in [6, 6.07) is 1.73. The molecule has 1 rings (SSSR count). The van der Waals surface area contributed by atoms with Crippen molar-refractivity contribution in [3.05, 3.63) is 34.2 Å². The molecule has 0 aliphatic carbocycles. The van der Waals surface area contributed by atoms with Gasteiger partial charge in [-0.25, -0.2) is 0 Å². The Kier molecular flexibility index (Phi) is 4.12. The summed E-state index contributed by atoms with van der Waals surface area (Å²) < 4.78 is 38.1. The van der Waals surface area contributed by atoms with Crippen LogP contribution in [0.25, 0.3) is 0 Å². The monoisotopic (exact) mass is 234 g/mol. The Morgan fingerprint density at radius 3 is 2.50 bits per heavy atom. The largest absolute Gasteiger partial charge is 0.417 e. The minimum absolute atomic E-state index is 0.264. The van der Waals surface area contributed by atoms with Crippen molar-refractivity contribution in [3.63, 3.8) is 0 Å². The number of aryl methyl sites for hydroxylation is 1. The number of nitrogens with zero attached hydrogens (tertiary/aromatic N) is 1. The second-order valence-electron chi connectivity index (χ2n) is 3.44. The Labute approximate surface area is 90.7 Å². The van der Waals surface area contributed by atoms with Gasteiger partial charge >= 0.3 is 6.18 Å². The zero-order valence-electron chi connectivity index (χ0n) is 8.63. The molecular weight excluding hydrogens is 221 g/mol. The zero-order valence-corrected chi connectivity index (χ0v) is 8.63. The number of pyridine rings is 1. The van der Waals surface area contributed by atoms with E-state index in [0.717, 1.165) is 22.9 Å². The number of hydrogen-bond donors (Lipinski definition) is 1. The number of halogens is 3. The minimum Gasteiger partial charge on any atom is -0.330 e. The van der Waals surface area contributed by atoms with Crippen LogP contribution in [0.15, 0.2) is 23.1 Å². The lowest BCUT2D eigenvalue weighted by Crippen LogP contribution is -2.21. The Balaban J connectivity index is 2.87. The molecule has 2 N–H and O–H groups in total. The van der Waals surface area contributed by atoms with E-state index in [1.807, 2.05) is 0 Å². The standard InChI is InChI=1S/C10H13F3N2O/c11-10(12,13)8-3-4-9(16)15(7-8)6-2-1-5-14/h3-4,7H,1-2,5-6,14H2. The van der Waals surface area contributed by atoms with Crippen LogP contribution in [0.5, 0.6) is 0 Å². The summed E-state index contributed by atoms with van der Waals surface area (Å²) >= 11 is 0. The predicted octanol–water partition coefficient (Wildman–Crippen LogP) is 1.61. The molecule has 1 heterocycles. The van der Waals surface area contributed by atoms with Gasteiger partial charge in [0.1, 0.15) is 0 Å². The molecule has 0 saturated carbocycles. The van der Waals surface area contributed by atoms with Crippen LogP contribution < -0.4 is 11.3 Å². The maximum atomic E-state index is 12.4. The highest BCUT2D eigenvalue weighted by molar-refractivity contribution is 5.13. The van der Waals surface area contributed by atoms with Crippen LogP contribution in [0.1, 0.15) is 18.4 Å². The third-order valence-corrected chi connectivity index (χ3v) is 2.16. The fraction of sp³-hybridized carbons (Fsp3) is 0.500. The number of alkyl halides is 3. The molecule has 0 saturated heterocycles. The van der Waals surface area contributed by atoms with Gasteiger partial charge in [-0.1, -0.05) is 0 Å². The number of nitrogens with two attached hydrogens (primary N) is 1. The molecule has 6 heteroatoms. The highest BCUT2D eigenvalue weighted by Crippen LogP contribution is 2.27. The lowest BCUT2D eigenvalue weighted by atomic mass is 10.2. The molecule has 0 amide bonds. The van der Waals surface area contributed by atoms with Crippen molar-refractivity contribution in [2.24, 2.45) is 5.73 Å². The molecule has 90 valence electrons. The van der Waals surface area contributed by atoms with Crippen molar-refractivity contribution in [2.45, 2.75) is 25.6 Å². The van der Waals surface area contributed by atoms with Gasteiger partial charge in [0.25, 0.3) is 5.56 Å². The van der Waals surface area contributed by atoms with Gasteiger partial charge in [0.05, 0.1) is 5.56 Å². The summed E-state index contributed by atoms with van der Waals surface area (Å²) in [7, 11) is 0. The summed E-state index contributed by atoms with van der Waals surface area (Å²) in [4.78, 5) is 11.3. The summed E-state index contributed by atoms with van der Waals surface area (Å²) in [5.41, 5.74) is 4.03. The molecule has 0 atom stereocenters. The summed E-state index contributed by atoms with van der Waals surface area (Å²) in [6.45, 7) is 0.730. The van der Waals surface area contributed by atoms with Crippen molar-refractivity contribution >= 4 is 0 Å². The van der Waals surface area contributed by atoms with E-state index in [1.54, 1.807) is 0 Å². The van der Waals surface area contributed by atoms with Crippen molar-refractivity contribution in [1.29, 1.82) is 0 Å². The first-order valence-electron chi connectivity index (χ1n) is 4.93. The molecule has 16 heavy (non-hydrogen) atoms. The van der Waals surface area contributed by atoms with Crippen molar-refractivity contribution < 1.29 is 13.2 Å². The number of unbranched alkanes of at least 4 members (excludes halogenated alkanes) is 1. The quantitative estimate of drug-likeness (QED) is 0.804. The van der Waals surface area contributed by atoms with Gasteiger partial charge < -0.3 is 10.3 Å². The molecular formula is C10H13F3N2O. The molecule has 0 unspecified atom stereocenters. The summed E-state index contributed by atoms with van der Waals surface area (Å²) in [5, 5.41) is 0. The maximum absolute atomic E-state index is 12.4. The smallest absolute Gasteiger partial charge is 0.330 e. The molecule has 0 aliphatic heterocycles. The lowest BCUT2D eigenvalue weighted by molar-refractivity contribution is -0.138. The first-order valence-corrected chi connectivity index (χ1v) is 4.93. The molecule has 0 aromatic carbocycles. The number of rotatable bonds is 4. The number of hydrogen-bond acceptors (Lipinski definition) is 2. The number of aromatic nitrogens is 1. The minimum atomic E-state index is -4.41. The SMILES string of the molecule is NCCCCn1cc(C(F)(F)F)ccc1=O. The van der Waals surface area contributed by atoms with Crippen LogP contribution >= 0.6 is 0 Å². The van der Waals surface area contributed by atoms with Crippen LogP contribution in [-0.4, -0.2) is 11.1 Å². The summed E-state index contributed by atoms with van der Waals surface area (Å²) in [6.07, 6.45) is -2.29. The lowest BCUT2D eigenvalue weighted by Gasteiger charge is -2.10. The van der Waals surface area contributed by atoms with Crippen LogP contribution in [-0.2, 0) is 12.7 Å². The molecule has 0 aliphatic rings. The van der Waals surface area contributed by atoms with Gasteiger partial charge in [0.15, 0.2) is 0 Å². The zero-order chi connectivity index (χ0) is 12.2. The Morgan fingerprint density at radius 1 is 1.25 bits per heavy atom. The van der Waals surface area contributed by atoms with Gasteiger partial charge in [-0.15, -0.1) is 0 Å². The molecule has 1 aromatic heterocycles. The first-order chi connectivity index (χ1) is 7.45. The fourth-order valence-corrected chi connectivity index (χ4v) is 1.30.